The Hall–Kier alpha value is -2.13. The SMILES string of the molecule is CS(=O)(=O)N1C2CCC1CN(c1cc(NC(=O)C3CC3)nc3[nH]ccc13)C2. The van der Waals surface area contributed by atoms with Gasteiger partial charge in [0.1, 0.15) is 11.5 Å². The molecule has 2 unspecified atom stereocenters. The lowest BCUT2D eigenvalue weighted by molar-refractivity contribution is -0.117. The van der Waals surface area contributed by atoms with Crippen molar-refractivity contribution in [2.75, 3.05) is 29.6 Å². The van der Waals surface area contributed by atoms with E-state index in [1.54, 1.807) is 4.31 Å². The van der Waals surface area contributed by atoms with Gasteiger partial charge in [0, 0.05) is 48.7 Å². The number of sulfonamides is 1. The Morgan fingerprint density at radius 3 is 2.56 bits per heavy atom. The first-order valence-electron chi connectivity index (χ1n) is 9.42. The summed E-state index contributed by atoms with van der Waals surface area (Å²) >= 11 is 0. The van der Waals surface area contributed by atoms with Gasteiger partial charge in [-0.05, 0) is 31.7 Å². The van der Waals surface area contributed by atoms with Gasteiger partial charge in [-0.1, -0.05) is 0 Å². The molecule has 4 heterocycles. The molecule has 0 spiro atoms. The zero-order valence-electron chi connectivity index (χ0n) is 15.2. The van der Waals surface area contributed by atoms with Crippen LogP contribution in [0.15, 0.2) is 18.3 Å². The van der Waals surface area contributed by atoms with Gasteiger partial charge in [-0.2, -0.15) is 4.31 Å². The number of aromatic nitrogens is 2. The lowest BCUT2D eigenvalue weighted by Crippen LogP contribution is -2.55. The number of nitrogens with zero attached hydrogens (tertiary/aromatic N) is 3. The van der Waals surface area contributed by atoms with E-state index in [0.29, 0.717) is 18.9 Å². The molecule has 2 N–H and O–H groups in total. The van der Waals surface area contributed by atoms with Crippen LogP contribution in [-0.2, 0) is 14.8 Å². The summed E-state index contributed by atoms with van der Waals surface area (Å²) in [4.78, 5) is 22.1. The summed E-state index contributed by atoms with van der Waals surface area (Å²) in [6.45, 7) is 1.31. The van der Waals surface area contributed by atoms with Crippen molar-refractivity contribution in [2.24, 2.45) is 5.92 Å². The van der Waals surface area contributed by atoms with Gasteiger partial charge in [-0.15, -0.1) is 0 Å². The number of carbonyl (C=O) groups excluding carboxylic acids is 1. The van der Waals surface area contributed by atoms with Gasteiger partial charge in [0.05, 0.1) is 11.9 Å². The number of hydrogen-bond acceptors (Lipinski definition) is 5. The van der Waals surface area contributed by atoms with Gasteiger partial charge in [0.15, 0.2) is 0 Å². The van der Waals surface area contributed by atoms with E-state index in [2.05, 4.69) is 20.2 Å². The van der Waals surface area contributed by atoms with Crippen molar-refractivity contribution in [3.05, 3.63) is 18.3 Å². The van der Waals surface area contributed by atoms with Crippen LogP contribution in [0.4, 0.5) is 11.5 Å². The van der Waals surface area contributed by atoms with Crippen LogP contribution in [0.5, 0.6) is 0 Å². The number of nitrogens with one attached hydrogen (secondary N) is 2. The van der Waals surface area contributed by atoms with E-state index < -0.39 is 10.0 Å². The Kier molecular flexibility index (Phi) is 3.74. The number of piperazine rings is 1. The van der Waals surface area contributed by atoms with Crippen LogP contribution >= 0.6 is 0 Å². The number of hydrogen-bond donors (Lipinski definition) is 2. The van der Waals surface area contributed by atoms with Gasteiger partial charge in [-0.3, -0.25) is 4.79 Å². The van der Waals surface area contributed by atoms with Crippen molar-refractivity contribution >= 4 is 38.5 Å². The minimum absolute atomic E-state index is 0.00501. The highest BCUT2D eigenvalue weighted by atomic mass is 32.2. The maximum atomic E-state index is 12.2. The second-order valence-electron chi connectivity index (χ2n) is 7.91. The van der Waals surface area contributed by atoms with Crippen LogP contribution in [0.3, 0.4) is 0 Å². The first-order valence-corrected chi connectivity index (χ1v) is 11.3. The highest BCUT2D eigenvalue weighted by molar-refractivity contribution is 7.88. The van der Waals surface area contributed by atoms with Crippen LogP contribution in [0, 0.1) is 5.92 Å². The number of amides is 1. The Balaban J connectivity index is 1.48. The van der Waals surface area contributed by atoms with Crippen LogP contribution in [-0.4, -0.2) is 60.0 Å². The monoisotopic (exact) mass is 389 g/mol. The lowest BCUT2D eigenvalue weighted by atomic mass is 10.1. The minimum atomic E-state index is -3.19. The van der Waals surface area contributed by atoms with E-state index in [1.165, 1.54) is 6.26 Å². The smallest absolute Gasteiger partial charge is 0.228 e. The lowest BCUT2D eigenvalue weighted by Gasteiger charge is -2.40. The molecule has 3 fully saturated rings. The van der Waals surface area contributed by atoms with Gasteiger partial charge in [0.2, 0.25) is 15.9 Å². The molecule has 27 heavy (non-hydrogen) atoms. The second-order valence-corrected chi connectivity index (χ2v) is 9.80. The number of H-pyrrole nitrogens is 1. The Bertz CT molecular complexity index is 999. The van der Waals surface area contributed by atoms with Crippen molar-refractivity contribution in [3.63, 3.8) is 0 Å². The fourth-order valence-electron chi connectivity index (χ4n) is 4.52. The molecule has 8 nitrogen and oxygen atoms in total. The average molecular weight is 389 g/mol. The molecule has 2 aliphatic heterocycles. The fraction of sp³-hybridized carbons (Fsp3) is 0.556. The summed E-state index contributed by atoms with van der Waals surface area (Å²) in [6, 6.07) is 3.91. The number of anilines is 2. The van der Waals surface area contributed by atoms with E-state index in [1.807, 2.05) is 18.3 Å². The predicted octanol–water partition coefficient (Wildman–Crippen LogP) is 1.52. The quantitative estimate of drug-likeness (QED) is 0.826. The standard InChI is InChI=1S/C18H23N5O3S/c1-27(25,26)23-12-4-5-13(23)10-22(9-12)15-8-16(21-18(24)11-2-3-11)20-17-14(15)6-7-19-17/h6-8,11-13H,2-5,9-10H2,1H3,(H2,19,20,21,24). The van der Waals surface area contributed by atoms with Crippen molar-refractivity contribution in [1.82, 2.24) is 14.3 Å². The topological polar surface area (TPSA) is 98.4 Å². The molecule has 2 aromatic rings. The predicted molar refractivity (Wildman–Crippen MR) is 103 cm³/mol. The van der Waals surface area contributed by atoms with E-state index >= 15 is 0 Å². The molecule has 5 rings (SSSR count). The molecule has 2 bridgehead atoms. The third-order valence-electron chi connectivity index (χ3n) is 5.85. The van der Waals surface area contributed by atoms with Crippen molar-refractivity contribution < 1.29 is 13.2 Å². The summed E-state index contributed by atoms with van der Waals surface area (Å²) in [5, 5.41) is 3.93. The number of carbonyl (C=O) groups is 1. The van der Waals surface area contributed by atoms with E-state index in [9.17, 15) is 13.2 Å². The largest absolute Gasteiger partial charge is 0.368 e. The molecule has 3 aliphatic rings. The van der Waals surface area contributed by atoms with E-state index in [0.717, 1.165) is 42.4 Å². The number of fused-ring (bicyclic) bond motifs is 3. The maximum absolute atomic E-state index is 12.2. The summed E-state index contributed by atoms with van der Waals surface area (Å²) < 4.78 is 26.0. The van der Waals surface area contributed by atoms with Crippen LogP contribution in [0.25, 0.3) is 11.0 Å². The third-order valence-corrected chi connectivity index (χ3v) is 7.21. The number of aromatic amines is 1. The molecular formula is C18H23N5O3S. The average Bonchev–Trinajstić information content (AvgIpc) is 3.29. The zero-order valence-corrected chi connectivity index (χ0v) is 16.0. The Labute approximate surface area is 158 Å². The summed E-state index contributed by atoms with van der Waals surface area (Å²) in [5.74, 6) is 0.694. The Morgan fingerprint density at radius 1 is 1.22 bits per heavy atom. The molecule has 2 aromatic heterocycles. The molecule has 2 saturated heterocycles. The molecule has 1 aliphatic carbocycles. The molecule has 144 valence electrons. The van der Waals surface area contributed by atoms with Crippen molar-refractivity contribution in [1.29, 1.82) is 0 Å². The van der Waals surface area contributed by atoms with E-state index in [4.69, 9.17) is 0 Å². The number of pyridine rings is 1. The fourth-order valence-corrected chi connectivity index (χ4v) is 5.95. The molecule has 1 amide bonds. The Morgan fingerprint density at radius 2 is 1.93 bits per heavy atom. The summed E-state index contributed by atoms with van der Waals surface area (Å²) in [7, 11) is -3.19. The molecular weight excluding hydrogens is 366 g/mol. The van der Waals surface area contributed by atoms with Gasteiger partial charge in [-0.25, -0.2) is 13.4 Å². The highest BCUT2D eigenvalue weighted by Crippen LogP contribution is 2.37. The molecule has 2 atom stereocenters. The van der Waals surface area contributed by atoms with Crippen LogP contribution in [0.1, 0.15) is 25.7 Å². The zero-order chi connectivity index (χ0) is 18.8. The van der Waals surface area contributed by atoms with Crippen molar-refractivity contribution in [3.8, 4) is 0 Å². The molecule has 0 radical (unpaired) electrons. The highest BCUT2D eigenvalue weighted by Gasteiger charge is 2.45. The van der Waals surface area contributed by atoms with Crippen molar-refractivity contribution in [2.45, 2.75) is 37.8 Å². The van der Waals surface area contributed by atoms with Gasteiger partial charge in [0.25, 0.3) is 0 Å². The van der Waals surface area contributed by atoms with Gasteiger partial charge < -0.3 is 15.2 Å². The third kappa shape index (κ3) is 2.98. The molecule has 1 saturated carbocycles. The first-order chi connectivity index (χ1) is 12.9. The minimum Gasteiger partial charge on any atom is -0.368 e. The molecule has 9 heteroatoms. The normalized spacial score (nSPS) is 25.9. The number of rotatable bonds is 4. The first kappa shape index (κ1) is 17.0. The second kappa shape index (κ2) is 5.93. The van der Waals surface area contributed by atoms with Crippen LogP contribution < -0.4 is 10.2 Å². The van der Waals surface area contributed by atoms with Gasteiger partial charge >= 0.3 is 0 Å². The summed E-state index contributed by atoms with van der Waals surface area (Å²) in [6.07, 6.45) is 6.81. The summed E-state index contributed by atoms with van der Waals surface area (Å²) in [5.41, 5.74) is 1.73. The molecule has 0 aromatic carbocycles. The maximum Gasteiger partial charge on any atom is 0.228 e. The van der Waals surface area contributed by atoms with E-state index in [-0.39, 0.29) is 23.9 Å². The van der Waals surface area contributed by atoms with Crippen LogP contribution in [0.2, 0.25) is 0 Å².